The number of ether oxygens (including phenoxy) is 1. The van der Waals surface area contributed by atoms with Crippen LogP contribution in [0.3, 0.4) is 0 Å². The molecule has 122 valence electrons. The molecule has 0 spiro atoms. The van der Waals surface area contributed by atoms with E-state index in [0.29, 0.717) is 13.2 Å². The van der Waals surface area contributed by atoms with Crippen LogP contribution in [0.15, 0.2) is 53.7 Å². The van der Waals surface area contributed by atoms with Gasteiger partial charge in [0.1, 0.15) is 0 Å². The second kappa shape index (κ2) is 9.58. The number of hydrogen-bond acceptors (Lipinski definition) is 3. The molecule has 1 heterocycles. The minimum absolute atomic E-state index is 0.615. The van der Waals surface area contributed by atoms with Crippen LogP contribution in [-0.2, 0) is 24.3 Å². The maximum Gasteiger partial charge on any atom is 0.191 e. The van der Waals surface area contributed by atoms with Crippen LogP contribution in [0.5, 0.6) is 0 Å². The van der Waals surface area contributed by atoms with Crippen molar-refractivity contribution in [3.63, 3.8) is 0 Å². The maximum absolute atomic E-state index is 5.23. The third-order valence-electron chi connectivity index (χ3n) is 3.49. The Labute approximate surface area is 137 Å². The summed E-state index contributed by atoms with van der Waals surface area (Å²) in [5, 5.41) is 6.64. The van der Waals surface area contributed by atoms with Crippen LogP contribution in [0.1, 0.15) is 16.8 Å². The lowest BCUT2D eigenvalue weighted by Gasteiger charge is -2.14. The molecule has 5 nitrogen and oxygen atoms in total. The van der Waals surface area contributed by atoms with Gasteiger partial charge in [0, 0.05) is 45.6 Å². The first-order valence-corrected chi connectivity index (χ1v) is 7.73. The van der Waals surface area contributed by atoms with E-state index in [1.165, 1.54) is 11.1 Å². The smallest absolute Gasteiger partial charge is 0.191 e. The molecule has 0 radical (unpaired) electrons. The van der Waals surface area contributed by atoms with Crippen molar-refractivity contribution in [1.29, 1.82) is 0 Å². The molecule has 5 heteroatoms. The summed E-state index contributed by atoms with van der Waals surface area (Å²) in [6.07, 6.45) is 2.68. The highest BCUT2D eigenvalue weighted by molar-refractivity contribution is 5.79. The van der Waals surface area contributed by atoms with E-state index >= 15 is 0 Å². The van der Waals surface area contributed by atoms with Gasteiger partial charge in [-0.15, -0.1) is 0 Å². The number of pyridine rings is 1. The number of guanidine groups is 1. The first-order chi connectivity index (χ1) is 11.3. The number of nitrogens with one attached hydrogen (secondary N) is 2. The van der Waals surface area contributed by atoms with Crippen LogP contribution in [0.4, 0.5) is 0 Å². The summed E-state index contributed by atoms with van der Waals surface area (Å²) in [5.41, 5.74) is 3.47. The SMILES string of the molecule is CN=C(NCCc1ccccn1)NCc1ccccc1COC. The second-order valence-electron chi connectivity index (χ2n) is 5.13. The predicted octanol–water partition coefficient (Wildman–Crippen LogP) is 2.14. The van der Waals surface area contributed by atoms with E-state index in [1.54, 1.807) is 14.2 Å². The molecule has 0 bridgehead atoms. The summed E-state index contributed by atoms with van der Waals surface area (Å²) in [4.78, 5) is 8.57. The molecule has 0 unspecified atom stereocenters. The second-order valence-corrected chi connectivity index (χ2v) is 5.13. The van der Waals surface area contributed by atoms with E-state index in [9.17, 15) is 0 Å². The number of benzene rings is 1. The first kappa shape index (κ1) is 17.0. The van der Waals surface area contributed by atoms with Crippen molar-refractivity contribution >= 4 is 5.96 Å². The molecule has 0 aliphatic rings. The standard InChI is InChI=1S/C18H24N4O/c1-19-18(21-12-10-17-9-5-6-11-20-17)22-13-15-7-3-4-8-16(15)14-23-2/h3-9,11H,10,12-14H2,1-2H3,(H2,19,21,22). The Morgan fingerprint density at radius 3 is 2.57 bits per heavy atom. The summed E-state index contributed by atoms with van der Waals surface area (Å²) in [6, 6.07) is 14.2. The van der Waals surface area contributed by atoms with Gasteiger partial charge in [-0.05, 0) is 23.3 Å². The molecule has 0 fully saturated rings. The molecule has 0 saturated carbocycles. The summed E-state index contributed by atoms with van der Waals surface area (Å²) in [6.45, 7) is 2.11. The molecular formula is C18H24N4O. The Bertz CT molecular complexity index is 613. The average Bonchev–Trinajstić information content (AvgIpc) is 2.60. The number of aliphatic imine (C=N–C) groups is 1. The van der Waals surface area contributed by atoms with Crippen molar-refractivity contribution in [3.8, 4) is 0 Å². The Hall–Kier alpha value is -2.40. The molecule has 1 aromatic carbocycles. The van der Waals surface area contributed by atoms with E-state index in [0.717, 1.165) is 24.6 Å². The molecule has 0 atom stereocenters. The van der Waals surface area contributed by atoms with Crippen molar-refractivity contribution in [2.75, 3.05) is 20.7 Å². The van der Waals surface area contributed by atoms with Crippen LogP contribution in [-0.4, -0.2) is 31.6 Å². The normalized spacial score (nSPS) is 11.3. The van der Waals surface area contributed by atoms with Crippen molar-refractivity contribution in [3.05, 3.63) is 65.5 Å². The minimum Gasteiger partial charge on any atom is -0.380 e. The molecule has 2 aromatic rings. The highest BCUT2D eigenvalue weighted by Crippen LogP contribution is 2.09. The zero-order chi connectivity index (χ0) is 16.3. The Kier molecular flexibility index (Phi) is 7.07. The van der Waals surface area contributed by atoms with Crippen molar-refractivity contribution < 1.29 is 4.74 Å². The molecular weight excluding hydrogens is 288 g/mol. The molecule has 0 aliphatic carbocycles. The highest BCUT2D eigenvalue weighted by atomic mass is 16.5. The number of rotatable bonds is 7. The van der Waals surface area contributed by atoms with Crippen LogP contribution < -0.4 is 10.6 Å². The lowest BCUT2D eigenvalue weighted by Crippen LogP contribution is -2.38. The number of nitrogens with zero attached hydrogens (tertiary/aromatic N) is 2. The third kappa shape index (κ3) is 5.71. The van der Waals surface area contributed by atoms with Crippen LogP contribution in [0, 0.1) is 0 Å². The molecule has 0 saturated heterocycles. The summed E-state index contributed by atoms with van der Waals surface area (Å²) in [7, 11) is 3.49. The van der Waals surface area contributed by atoms with Gasteiger partial charge in [-0.2, -0.15) is 0 Å². The Balaban J connectivity index is 1.81. The Morgan fingerprint density at radius 1 is 1.09 bits per heavy atom. The zero-order valence-electron chi connectivity index (χ0n) is 13.7. The lowest BCUT2D eigenvalue weighted by atomic mass is 10.1. The predicted molar refractivity (Wildman–Crippen MR) is 93.3 cm³/mol. The quantitative estimate of drug-likeness (QED) is 0.607. The van der Waals surface area contributed by atoms with Gasteiger partial charge >= 0.3 is 0 Å². The molecule has 0 amide bonds. The fraction of sp³-hybridized carbons (Fsp3) is 0.333. The van der Waals surface area contributed by atoms with Gasteiger partial charge in [-0.3, -0.25) is 9.98 Å². The molecule has 0 aliphatic heterocycles. The first-order valence-electron chi connectivity index (χ1n) is 7.73. The van der Waals surface area contributed by atoms with Crippen LogP contribution in [0.25, 0.3) is 0 Å². The lowest BCUT2D eigenvalue weighted by molar-refractivity contribution is 0.184. The highest BCUT2D eigenvalue weighted by Gasteiger charge is 2.03. The minimum atomic E-state index is 0.615. The average molecular weight is 312 g/mol. The van der Waals surface area contributed by atoms with Gasteiger partial charge < -0.3 is 15.4 Å². The van der Waals surface area contributed by atoms with Gasteiger partial charge in [0.15, 0.2) is 5.96 Å². The van der Waals surface area contributed by atoms with Gasteiger partial charge in [0.05, 0.1) is 6.61 Å². The molecule has 1 aromatic heterocycles. The van der Waals surface area contributed by atoms with Crippen LogP contribution >= 0.6 is 0 Å². The van der Waals surface area contributed by atoms with Crippen molar-refractivity contribution in [2.24, 2.45) is 4.99 Å². The van der Waals surface area contributed by atoms with Gasteiger partial charge in [-0.25, -0.2) is 0 Å². The van der Waals surface area contributed by atoms with E-state index in [2.05, 4.69) is 32.7 Å². The molecule has 23 heavy (non-hydrogen) atoms. The van der Waals surface area contributed by atoms with Crippen LogP contribution in [0.2, 0.25) is 0 Å². The van der Waals surface area contributed by atoms with E-state index < -0.39 is 0 Å². The van der Waals surface area contributed by atoms with Gasteiger partial charge in [-0.1, -0.05) is 30.3 Å². The maximum atomic E-state index is 5.23. The molecule has 2 N–H and O–H groups in total. The third-order valence-corrected chi connectivity index (χ3v) is 3.49. The fourth-order valence-corrected chi connectivity index (χ4v) is 2.28. The van der Waals surface area contributed by atoms with E-state index in [1.807, 2.05) is 36.5 Å². The zero-order valence-corrected chi connectivity index (χ0v) is 13.7. The monoisotopic (exact) mass is 312 g/mol. The molecule has 2 rings (SSSR count). The summed E-state index contributed by atoms with van der Waals surface area (Å²) < 4.78 is 5.23. The number of hydrogen-bond donors (Lipinski definition) is 2. The van der Waals surface area contributed by atoms with E-state index in [-0.39, 0.29) is 0 Å². The van der Waals surface area contributed by atoms with E-state index in [4.69, 9.17) is 4.74 Å². The number of methoxy groups -OCH3 is 1. The summed E-state index contributed by atoms with van der Waals surface area (Å²) in [5.74, 6) is 0.785. The fourth-order valence-electron chi connectivity index (χ4n) is 2.28. The summed E-state index contributed by atoms with van der Waals surface area (Å²) >= 11 is 0. The van der Waals surface area contributed by atoms with Crippen molar-refractivity contribution in [1.82, 2.24) is 15.6 Å². The van der Waals surface area contributed by atoms with Crippen molar-refractivity contribution in [2.45, 2.75) is 19.6 Å². The van der Waals surface area contributed by atoms with Gasteiger partial charge in [0.2, 0.25) is 0 Å². The largest absolute Gasteiger partial charge is 0.380 e. The topological polar surface area (TPSA) is 58.5 Å². The number of aromatic nitrogens is 1. The van der Waals surface area contributed by atoms with Gasteiger partial charge in [0.25, 0.3) is 0 Å². The Morgan fingerprint density at radius 2 is 1.87 bits per heavy atom.